The number of carbonyl (C=O) groups excluding carboxylic acids is 2. The number of carbonyl (C=O) groups is 3. The quantitative estimate of drug-likeness (QED) is 0.608. The maximum absolute atomic E-state index is 11.9. The lowest BCUT2D eigenvalue weighted by Crippen LogP contribution is -2.46. The van der Waals surface area contributed by atoms with Gasteiger partial charge in [-0.1, -0.05) is 0 Å². The number of nitrogens with zero attached hydrogens (tertiary/aromatic N) is 2. The summed E-state index contributed by atoms with van der Waals surface area (Å²) in [5.41, 5.74) is 0. The third-order valence-corrected chi connectivity index (χ3v) is 2.16. The molecule has 0 radical (unpaired) electrons. The smallest absolute Gasteiger partial charge is 0.325 e. The summed E-state index contributed by atoms with van der Waals surface area (Å²) < 4.78 is 9.60. The third kappa shape index (κ3) is 7.24. The molecule has 1 N–H and O–H groups in total. The van der Waals surface area contributed by atoms with Crippen LogP contribution in [0.3, 0.4) is 0 Å². The van der Waals surface area contributed by atoms with Crippen molar-refractivity contribution in [1.82, 2.24) is 9.80 Å². The minimum absolute atomic E-state index is 0.179. The van der Waals surface area contributed by atoms with Crippen LogP contribution in [0, 0.1) is 0 Å². The topological polar surface area (TPSA) is 96.4 Å². The molecule has 0 fully saturated rings. The zero-order chi connectivity index (χ0) is 14.8. The number of carboxylic acid groups (broad SMARTS) is 1. The van der Waals surface area contributed by atoms with Crippen LogP contribution in [0.1, 0.15) is 6.92 Å². The summed E-state index contributed by atoms with van der Waals surface area (Å²) in [7, 11) is 2.81. The van der Waals surface area contributed by atoms with Crippen LogP contribution in [-0.4, -0.2) is 79.9 Å². The normalized spacial score (nSPS) is 9.84. The van der Waals surface area contributed by atoms with Gasteiger partial charge in [-0.15, -0.1) is 0 Å². The van der Waals surface area contributed by atoms with Crippen molar-refractivity contribution in [2.75, 3.05) is 47.0 Å². The van der Waals surface area contributed by atoms with E-state index in [1.807, 2.05) is 0 Å². The van der Waals surface area contributed by atoms with Gasteiger partial charge in [0.1, 0.15) is 13.1 Å². The molecule has 0 rings (SSSR count). The highest BCUT2D eigenvalue weighted by Gasteiger charge is 2.22. The predicted molar refractivity (Wildman–Crippen MR) is 65.7 cm³/mol. The molecular weight excluding hydrogens is 256 g/mol. The second kappa shape index (κ2) is 9.15. The van der Waals surface area contributed by atoms with Crippen molar-refractivity contribution in [3.05, 3.63) is 0 Å². The fourth-order valence-electron chi connectivity index (χ4n) is 1.32. The Morgan fingerprint density at radius 3 is 2.32 bits per heavy atom. The number of hydrogen-bond donors (Lipinski definition) is 1. The van der Waals surface area contributed by atoms with Crippen molar-refractivity contribution >= 4 is 18.0 Å². The Hall–Kier alpha value is -1.83. The number of esters is 1. The number of aliphatic carboxylic acids is 1. The molecule has 8 heteroatoms. The molecule has 2 amide bonds. The molecule has 8 nitrogen and oxygen atoms in total. The Morgan fingerprint density at radius 2 is 1.84 bits per heavy atom. The van der Waals surface area contributed by atoms with Crippen LogP contribution in [0.25, 0.3) is 0 Å². The second-order valence-electron chi connectivity index (χ2n) is 3.75. The molecule has 0 aliphatic heterocycles. The van der Waals surface area contributed by atoms with E-state index < -0.39 is 24.5 Å². The third-order valence-electron chi connectivity index (χ3n) is 2.16. The molecule has 0 saturated heterocycles. The second-order valence-corrected chi connectivity index (χ2v) is 3.75. The molecule has 0 saturated carbocycles. The lowest BCUT2D eigenvalue weighted by molar-refractivity contribution is -0.143. The zero-order valence-electron chi connectivity index (χ0n) is 11.4. The van der Waals surface area contributed by atoms with Crippen molar-refractivity contribution in [1.29, 1.82) is 0 Å². The average molecular weight is 276 g/mol. The van der Waals surface area contributed by atoms with Crippen molar-refractivity contribution in [2.24, 2.45) is 0 Å². The first-order chi connectivity index (χ1) is 8.92. The predicted octanol–water partition coefficient (Wildman–Crippen LogP) is -0.366. The van der Waals surface area contributed by atoms with Crippen LogP contribution in [0.5, 0.6) is 0 Å². The maximum atomic E-state index is 11.9. The van der Waals surface area contributed by atoms with Crippen LogP contribution < -0.4 is 0 Å². The molecule has 0 aromatic rings. The molecule has 0 aromatic carbocycles. The van der Waals surface area contributed by atoms with Crippen LogP contribution >= 0.6 is 0 Å². The number of urea groups is 1. The fraction of sp³-hybridized carbons (Fsp3) is 0.727. The van der Waals surface area contributed by atoms with Gasteiger partial charge in [0.25, 0.3) is 0 Å². The van der Waals surface area contributed by atoms with Gasteiger partial charge in [0.15, 0.2) is 0 Å². The molecule has 19 heavy (non-hydrogen) atoms. The van der Waals surface area contributed by atoms with Gasteiger partial charge in [0, 0.05) is 20.7 Å². The summed E-state index contributed by atoms with van der Waals surface area (Å²) in [6.07, 6.45) is 0. The van der Waals surface area contributed by atoms with E-state index in [-0.39, 0.29) is 26.3 Å². The van der Waals surface area contributed by atoms with Gasteiger partial charge in [0.05, 0.1) is 13.2 Å². The van der Waals surface area contributed by atoms with Crippen LogP contribution in [-0.2, 0) is 19.1 Å². The van der Waals surface area contributed by atoms with E-state index >= 15 is 0 Å². The Bertz CT molecular complexity index is 320. The molecule has 0 unspecified atom stereocenters. The first kappa shape index (κ1) is 17.2. The molecule has 0 atom stereocenters. The summed E-state index contributed by atoms with van der Waals surface area (Å²) in [6.45, 7) is 1.63. The van der Waals surface area contributed by atoms with E-state index in [0.29, 0.717) is 0 Å². The number of rotatable bonds is 8. The van der Waals surface area contributed by atoms with E-state index in [9.17, 15) is 14.4 Å². The highest BCUT2D eigenvalue weighted by molar-refractivity contribution is 5.83. The monoisotopic (exact) mass is 276 g/mol. The highest BCUT2D eigenvalue weighted by Crippen LogP contribution is 1.98. The Morgan fingerprint density at radius 1 is 1.21 bits per heavy atom. The number of hydrogen-bond acceptors (Lipinski definition) is 5. The zero-order valence-corrected chi connectivity index (χ0v) is 11.4. The lowest BCUT2D eigenvalue weighted by atomic mass is 10.4. The Balaban J connectivity index is 4.58. The molecule has 0 aliphatic carbocycles. The van der Waals surface area contributed by atoms with Gasteiger partial charge in [-0.25, -0.2) is 4.79 Å². The fourth-order valence-corrected chi connectivity index (χ4v) is 1.32. The molecule has 0 spiro atoms. The summed E-state index contributed by atoms with van der Waals surface area (Å²) in [4.78, 5) is 36.1. The van der Waals surface area contributed by atoms with Gasteiger partial charge in [-0.3, -0.25) is 9.59 Å². The first-order valence-electron chi connectivity index (χ1n) is 5.78. The average Bonchev–Trinajstić information content (AvgIpc) is 2.33. The van der Waals surface area contributed by atoms with E-state index in [1.54, 1.807) is 6.92 Å². The van der Waals surface area contributed by atoms with E-state index in [4.69, 9.17) is 14.6 Å². The largest absolute Gasteiger partial charge is 0.480 e. The van der Waals surface area contributed by atoms with Crippen molar-refractivity contribution < 1.29 is 29.0 Å². The molecule has 0 aliphatic rings. The minimum Gasteiger partial charge on any atom is -0.480 e. The molecule has 110 valence electrons. The lowest BCUT2D eigenvalue weighted by Gasteiger charge is -2.26. The SMILES string of the molecule is CCOC(=O)CN(CCOC)C(=O)N(C)CC(=O)O. The van der Waals surface area contributed by atoms with Crippen LogP contribution in [0.2, 0.25) is 0 Å². The van der Waals surface area contributed by atoms with Gasteiger partial charge in [-0.2, -0.15) is 0 Å². The molecule has 0 bridgehead atoms. The molecular formula is C11H20N2O6. The molecule has 0 aromatic heterocycles. The Labute approximate surface area is 111 Å². The first-order valence-corrected chi connectivity index (χ1v) is 5.78. The highest BCUT2D eigenvalue weighted by atomic mass is 16.5. The van der Waals surface area contributed by atoms with Gasteiger partial charge < -0.3 is 24.4 Å². The van der Waals surface area contributed by atoms with E-state index in [2.05, 4.69) is 0 Å². The van der Waals surface area contributed by atoms with Crippen molar-refractivity contribution in [2.45, 2.75) is 6.92 Å². The van der Waals surface area contributed by atoms with Crippen LogP contribution in [0.15, 0.2) is 0 Å². The van der Waals surface area contributed by atoms with Crippen molar-refractivity contribution in [3.63, 3.8) is 0 Å². The minimum atomic E-state index is -1.13. The summed E-state index contributed by atoms with van der Waals surface area (Å²) in [5.74, 6) is -1.67. The summed E-state index contributed by atoms with van der Waals surface area (Å²) in [6, 6.07) is -0.562. The van der Waals surface area contributed by atoms with Crippen LogP contribution in [0.4, 0.5) is 4.79 Å². The number of ether oxygens (including phenoxy) is 2. The number of methoxy groups -OCH3 is 1. The van der Waals surface area contributed by atoms with Gasteiger partial charge in [0.2, 0.25) is 0 Å². The van der Waals surface area contributed by atoms with E-state index in [0.717, 1.165) is 4.90 Å². The Kier molecular flexibility index (Phi) is 8.27. The number of amides is 2. The van der Waals surface area contributed by atoms with Gasteiger partial charge in [-0.05, 0) is 6.92 Å². The van der Waals surface area contributed by atoms with Crippen molar-refractivity contribution in [3.8, 4) is 0 Å². The summed E-state index contributed by atoms with van der Waals surface area (Å²) in [5, 5.41) is 8.63. The van der Waals surface area contributed by atoms with E-state index in [1.165, 1.54) is 19.1 Å². The standard InChI is InChI=1S/C11H20N2O6/c1-4-19-10(16)8-13(5-6-18-3)11(17)12(2)7-9(14)15/h4-8H2,1-3H3,(H,14,15). The number of likely N-dealkylation sites (N-methyl/N-ethyl adjacent to an activating group) is 1. The van der Waals surface area contributed by atoms with Gasteiger partial charge >= 0.3 is 18.0 Å². The maximum Gasteiger partial charge on any atom is 0.325 e. The number of carboxylic acids is 1. The summed E-state index contributed by atoms with van der Waals surface area (Å²) >= 11 is 0. The molecule has 0 heterocycles.